The van der Waals surface area contributed by atoms with Crippen molar-refractivity contribution in [1.82, 2.24) is 23.7 Å². The molecule has 26 nitrogen and oxygen atoms in total. The minimum absolute atomic E-state index is 0.0230. The fraction of sp³-hybridized carbons (Fsp3) is 0.241. The van der Waals surface area contributed by atoms with Crippen molar-refractivity contribution < 1.29 is 48.4 Å². The highest BCUT2D eigenvalue weighted by atomic mass is 32.2. The Hall–Kier alpha value is -8.57. The molecule has 0 unspecified atom stereocenters. The first-order valence-corrected chi connectivity index (χ1v) is 32.5. The molecule has 0 bridgehead atoms. The number of nitrogens with one attached hydrogen (secondary N) is 2. The molecule has 0 aliphatic rings. The molecule has 0 radical (unpaired) electrons. The maximum atomic E-state index is 12.2. The van der Waals surface area contributed by atoms with Gasteiger partial charge in [0.15, 0.2) is 15.2 Å². The summed E-state index contributed by atoms with van der Waals surface area (Å²) in [7, 11) is -10.8. The van der Waals surface area contributed by atoms with E-state index in [1.807, 2.05) is 37.5 Å². The molecule has 5 N–H and O–H groups in total. The molecular weight excluding hydrogens is 1230 g/mol. The predicted molar refractivity (Wildman–Crippen MR) is 327 cm³/mol. The lowest BCUT2D eigenvalue weighted by Crippen LogP contribution is -2.22. The number of hydrogen-bond donors (Lipinski definition) is 5. The standard InChI is InChI=1S/C54H53N15O11S6/c1-9-68(10-2)42-23-38(40(25-44(42)79-7)62-64-50-36(27-55)48(66-82-50)33-18-16-30(5)46(21-33)85(73,74)75)57-52-59-53(61-54(60-52)81-29-32-14-13-15-35(20-32)84(70,71)72)58-39-24-43(69(11-3)12-4)45(80-8)26-41(39)63-65-51-37(28-56)49(67-83-51)34-19-17-31(6)47(22-34)86(76,77)78/h13-26H,9-12,29H2,1-8H3,(H,70,71,72)(H,73,74,75)(H,76,77,78)(H2,57,58,59,60,61)/b64-62+,65-63+. The van der Waals surface area contributed by atoms with Crippen LogP contribution in [0.2, 0.25) is 0 Å². The SMILES string of the molecule is CCN(CC)c1cc(Nc2nc(Nc3cc(N(CC)CC)c(OC)cc3/N=N/c3snc(-c4ccc(C)c(S(=O)(=O)O)c4)c3C#N)nc(SCc3cccc(S(=O)(=O)O)c3)n2)c(/N=N/c2snc(-c3ccc(C)c(S(=O)(=O)O)c3)c2C#N)cc1OC. The highest BCUT2D eigenvalue weighted by molar-refractivity contribution is 7.98. The molecule has 3 aromatic heterocycles. The topological polar surface area (TPSA) is 374 Å². The van der Waals surface area contributed by atoms with Gasteiger partial charge in [-0.05, 0) is 118 Å². The van der Waals surface area contributed by atoms with Gasteiger partial charge in [0.2, 0.25) is 11.9 Å². The number of azo groups is 2. The minimum Gasteiger partial charge on any atom is -0.494 e. The molecule has 0 aliphatic carbocycles. The van der Waals surface area contributed by atoms with Crippen molar-refractivity contribution >= 4 is 121 Å². The average Bonchev–Trinajstić information content (AvgIpc) is 1.77. The second-order valence-corrected chi connectivity index (χ2v) is 25.0. The van der Waals surface area contributed by atoms with Gasteiger partial charge in [0.1, 0.15) is 57.5 Å². The van der Waals surface area contributed by atoms with Gasteiger partial charge >= 0.3 is 0 Å². The van der Waals surface area contributed by atoms with Gasteiger partial charge in [-0.2, -0.15) is 59.5 Å². The quantitative estimate of drug-likeness (QED) is 0.0213. The number of anilines is 6. The Morgan fingerprint density at radius 1 is 0.593 bits per heavy atom. The molecule has 5 aromatic carbocycles. The lowest BCUT2D eigenvalue weighted by molar-refractivity contribution is 0.414. The number of thioether (sulfide) groups is 1. The van der Waals surface area contributed by atoms with E-state index < -0.39 is 30.4 Å². The highest BCUT2D eigenvalue weighted by Gasteiger charge is 2.25. The summed E-state index contributed by atoms with van der Waals surface area (Å²) in [6.07, 6.45) is 0. The number of nitrogens with zero attached hydrogens (tertiary/aromatic N) is 13. The number of methoxy groups -OCH3 is 2. The Morgan fingerprint density at radius 2 is 1.03 bits per heavy atom. The molecule has 0 aliphatic heterocycles. The first-order chi connectivity index (χ1) is 40.9. The maximum absolute atomic E-state index is 12.2. The lowest BCUT2D eigenvalue weighted by atomic mass is 10.1. The van der Waals surface area contributed by atoms with Crippen LogP contribution in [0.25, 0.3) is 22.5 Å². The molecule has 0 fully saturated rings. The van der Waals surface area contributed by atoms with E-state index >= 15 is 0 Å². The van der Waals surface area contributed by atoms with Gasteiger partial charge in [-0.15, -0.1) is 20.5 Å². The molecule has 0 saturated heterocycles. The van der Waals surface area contributed by atoms with E-state index in [1.165, 1.54) is 70.5 Å². The van der Waals surface area contributed by atoms with Gasteiger partial charge < -0.3 is 29.9 Å². The summed E-state index contributed by atoms with van der Waals surface area (Å²) < 4.78 is 123. The number of rotatable bonds is 24. The Balaban J connectivity index is 1.26. The minimum atomic E-state index is -4.62. The van der Waals surface area contributed by atoms with Crippen LogP contribution in [-0.2, 0) is 36.1 Å². The second kappa shape index (κ2) is 26.8. The zero-order valence-corrected chi connectivity index (χ0v) is 51.9. The van der Waals surface area contributed by atoms with Crippen LogP contribution >= 0.6 is 34.8 Å². The van der Waals surface area contributed by atoms with E-state index in [0.717, 1.165) is 34.8 Å². The molecule has 86 heavy (non-hydrogen) atoms. The summed E-state index contributed by atoms with van der Waals surface area (Å²) in [5.41, 5.74) is 3.86. The molecule has 0 atom stereocenters. The number of aromatic nitrogens is 5. The Kier molecular flexibility index (Phi) is 19.8. The molecule has 32 heteroatoms. The molecule has 8 rings (SSSR count). The largest absolute Gasteiger partial charge is 0.494 e. The van der Waals surface area contributed by atoms with Crippen LogP contribution in [0.1, 0.15) is 55.5 Å². The van der Waals surface area contributed by atoms with Gasteiger partial charge in [0.05, 0.1) is 51.7 Å². The van der Waals surface area contributed by atoms with Crippen molar-refractivity contribution in [2.24, 2.45) is 20.5 Å². The predicted octanol–water partition coefficient (Wildman–Crippen LogP) is 12.5. The molecule has 3 heterocycles. The summed E-state index contributed by atoms with van der Waals surface area (Å²) in [6.45, 7) is 13.1. The third-order valence-corrected chi connectivity index (χ3v) is 18.2. The fourth-order valence-electron chi connectivity index (χ4n) is 8.69. The third kappa shape index (κ3) is 14.4. The Morgan fingerprint density at radius 3 is 1.42 bits per heavy atom. The van der Waals surface area contributed by atoms with Gasteiger partial charge in [0.25, 0.3) is 30.4 Å². The molecule has 0 spiro atoms. The zero-order chi connectivity index (χ0) is 62.3. The number of aryl methyl sites for hydroxylation is 2. The van der Waals surface area contributed by atoms with E-state index in [9.17, 15) is 49.4 Å². The van der Waals surface area contributed by atoms with E-state index in [1.54, 1.807) is 42.5 Å². The molecule has 446 valence electrons. The van der Waals surface area contributed by atoms with Crippen molar-refractivity contribution in [2.75, 3.05) is 60.8 Å². The Labute approximate surface area is 508 Å². The summed E-state index contributed by atoms with van der Waals surface area (Å²) in [4.78, 5) is 17.4. The normalized spacial score (nSPS) is 11.9. The van der Waals surface area contributed by atoms with Gasteiger partial charge in [-0.3, -0.25) is 13.7 Å². The van der Waals surface area contributed by atoms with Gasteiger partial charge in [-0.1, -0.05) is 48.2 Å². The van der Waals surface area contributed by atoms with Crippen molar-refractivity contribution in [2.45, 2.75) is 67.1 Å². The lowest BCUT2D eigenvalue weighted by Gasteiger charge is -2.25. The van der Waals surface area contributed by atoms with Crippen molar-refractivity contribution in [3.05, 3.63) is 113 Å². The highest BCUT2D eigenvalue weighted by Crippen LogP contribution is 2.45. The van der Waals surface area contributed by atoms with E-state index in [-0.39, 0.29) is 115 Å². The van der Waals surface area contributed by atoms with Crippen LogP contribution in [0.15, 0.2) is 125 Å². The maximum Gasteiger partial charge on any atom is 0.294 e. The van der Waals surface area contributed by atoms with E-state index in [2.05, 4.69) is 52.0 Å². The Bertz CT molecular complexity index is 4170. The second-order valence-electron chi connectivity index (χ2n) is 18.3. The van der Waals surface area contributed by atoms with Crippen LogP contribution < -0.4 is 29.9 Å². The fourth-order valence-corrected chi connectivity index (χ4v) is 12.9. The van der Waals surface area contributed by atoms with Crippen molar-refractivity contribution in [3.63, 3.8) is 0 Å². The monoisotopic (exact) mass is 1280 g/mol. The third-order valence-electron chi connectivity index (χ3n) is 13.0. The van der Waals surface area contributed by atoms with Crippen LogP contribution in [0.3, 0.4) is 0 Å². The van der Waals surface area contributed by atoms with Crippen LogP contribution in [-0.4, -0.2) is 103 Å². The number of nitriles is 2. The van der Waals surface area contributed by atoms with Crippen molar-refractivity contribution in [3.8, 4) is 46.2 Å². The summed E-state index contributed by atoms with van der Waals surface area (Å²) in [5.74, 6) is 0.797. The molecule has 0 saturated carbocycles. The molecule has 0 amide bonds. The molecular formula is C54H53N15O11S6. The van der Waals surface area contributed by atoms with E-state index in [4.69, 9.17) is 24.4 Å². The first-order valence-electron chi connectivity index (χ1n) is 25.7. The number of benzene rings is 5. The van der Waals surface area contributed by atoms with E-state index in [0.29, 0.717) is 54.6 Å². The summed E-state index contributed by atoms with van der Waals surface area (Å²) in [6, 6.07) is 25.2. The smallest absolute Gasteiger partial charge is 0.294 e. The number of ether oxygens (including phenoxy) is 2. The average molecular weight is 1280 g/mol. The van der Waals surface area contributed by atoms with Gasteiger partial charge in [-0.25, -0.2) is 0 Å². The van der Waals surface area contributed by atoms with Crippen LogP contribution in [0, 0.1) is 36.5 Å². The first kappa shape index (κ1) is 63.5. The van der Waals surface area contributed by atoms with Crippen molar-refractivity contribution in [1.29, 1.82) is 10.5 Å². The van der Waals surface area contributed by atoms with Gasteiger partial charge in [0, 0.05) is 55.2 Å². The summed E-state index contributed by atoms with van der Waals surface area (Å²) >= 11 is 2.75. The molecule has 8 aromatic rings. The van der Waals surface area contributed by atoms with Crippen LogP contribution in [0.5, 0.6) is 11.5 Å². The zero-order valence-electron chi connectivity index (χ0n) is 47.0. The number of hydrogen-bond acceptors (Lipinski definition) is 26. The summed E-state index contributed by atoms with van der Waals surface area (Å²) in [5, 5.41) is 45.7. The van der Waals surface area contributed by atoms with Crippen LogP contribution in [0.4, 0.5) is 56.0 Å².